The van der Waals surface area contributed by atoms with Crippen molar-refractivity contribution in [1.82, 2.24) is 4.57 Å². The molecule has 3 aliphatic rings. The number of hydrogen-bond donors (Lipinski definition) is 0. The van der Waals surface area contributed by atoms with Crippen LogP contribution < -0.4 is 4.90 Å². The maximum atomic E-state index is 2.53. The normalized spacial score (nSPS) is 16.6. The number of rotatable bonds is 6. The van der Waals surface area contributed by atoms with Gasteiger partial charge in [-0.2, -0.15) is 0 Å². The molecule has 0 amide bonds. The van der Waals surface area contributed by atoms with E-state index in [1.54, 1.807) is 0 Å². The molecule has 10 rings (SSSR count). The standard InChI is InChI=1S/C51H42N2.C3H8/c1-51(2)47-19-11-9-17-43(47)44-31-30-42(34-48(44)51)52(40-26-21-36(22-27-40)35-13-5-3-6-14-35)41-28-23-37(24-29-41)38-25-32-50-46(33-38)45-18-10-12-20-49(45)53(50)39-15-7-4-8-16-39;1-3-2/h3-21,23,25-28,30-34,36H,22,24,29H2,1-2H3;3H2,1-2H3/t36-;/m1./s1. The molecule has 0 fully saturated rings. The third-order valence-electron chi connectivity index (χ3n) is 11.9. The van der Waals surface area contributed by atoms with Crippen LogP contribution in [0.25, 0.3) is 44.2 Å². The highest BCUT2D eigenvalue weighted by Crippen LogP contribution is 2.50. The minimum Gasteiger partial charge on any atom is -0.315 e. The number of anilines is 1. The van der Waals surface area contributed by atoms with Gasteiger partial charge >= 0.3 is 0 Å². The zero-order valence-corrected chi connectivity index (χ0v) is 33.0. The van der Waals surface area contributed by atoms with Gasteiger partial charge in [0.1, 0.15) is 0 Å². The van der Waals surface area contributed by atoms with Gasteiger partial charge in [0.05, 0.1) is 11.0 Å². The van der Waals surface area contributed by atoms with Gasteiger partial charge in [0, 0.05) is 44.9 Å². The van der Waals surface area contributed by atoms with Crippen LogP contribution in [0, 0.1) is 0 Å². The highest BCUT2D eigenvalue weighted by Gasteiger charge is 2.36. The molecule has 0 unspecified atom stereocenters. The Labute approximate surface area is 332 Å². The first kappa shape index (κ1) is 35.6. The quantitative estimate of drug-likeness (QED) is 0.166. The number of fused-ring (bicyclic) bond motifs is 6. The molecule has 1 aromatic heterocycles. The fraction of sp³-hybridized carbons (Fsp3) is 0.185. The molecule has 7 aromatic rings. The Bertz CT molecular complexity index is 2680. The van der Waals surface area contributed by atoms with Crippen molar-refractivity contribution >= 4 is 33.1 Å². The predicted octanol–water partition coefficient (Wildman–Crippen LogP) is 14.7. The van der Waals surface area contributed by atoms with E-state index in [1.807, 2.05) is 0 Å². The zero-order chi connectivity index (χ0) is 38.2. The van der Waals surface area contributed by atoms with Gasteiger partial charge in [-0.05, 0) is 113 Å². The SMILES string of the molecule is CC1(C)c2ccccc2-c2ccc(N(C3=CC[C@H](c4ccccc4)C=C3)C3=CC=C(c4ccc5c(c4)c4ccccc4n5-c4ccccc4)CC3)cc21.CCC. The van der Waals surface area contributed by atoms with Crippen molar-refractivity contribution in [3.63, 3.8) is 0 Å². The van der Waals surface area contributed by atoms with Gasteiger partial charge in [-0.25, -0.2) is 0 Å². The van der Waals surface area contributed by atoms with E-state index in [9.17, 15) is 0 Å². The summed E-state index contributed by atoms with van der Waals surface area (Å²) in [5, 5.41) is 2.59. The summed E-state index contributed by atoms with van der Waals surface area (Å²) in [6, 6.07) is 53.5. The van der Waals surface area contributed by atoms with Crippen LogP contribution in [-0.2, 0) is 5.41 Å². The van der Waals surface area contributed by atoms with Gasteiger partial charge in [0.2, 0.25) is 0 Å². The van der Waals surface area contributed by atoms with Crippen LogP contribution in [0.1, 0.15) is 81.5 Å². The van der Waals surface area contributed by atoms with Crippen molar-refractivity contribution in [1.29, 1.82) is 0 Å². The number of allylic oxidation sites excluding steroid dienone is 7. The minimum absolute atomic E-state index is 0.0565. The molecule has 1 heterocycles. The molecule has 276 valence electrons. The monoisotopic (exact) mass is 726 g/mol. The van der Waals surface area contributed by atoms with E-state index in [-0.39, 0.29) is 5.41 Å². The lowest BCUT2D eigenvalue weighted by Crippen LogP contribution is -2.24. The summed E-state index contributed by atoms with van der Waals surface area (Å²) in [6.45, 7) is 9.00. The van der Waals surface area contributed by atoms with E-state index in [2.05, 4.69) is 213 Å². The summed E-state index contributed by atoms with van der Waals surface area (Å²) >= 11 is 0. The second-order valence-corrected chi connectivity index (χ2v) is 16.0. The van der Waals surface area contributed by atoms with E-state index in [4.69, 9.17) is 0 Å². The predicted molar refractivity (Wildman–Crippen MR) is 240 cm³/mol. The summed E-state index contributed by atoms with van der Waals surface area (Å²) in [7, 11) is 0. The van der Waals surface area contributed by atoms with E-state index >= 15 is 0 Å². The lowest BCUT2D eigenvalue weighted by atomic mass is 9.82. The van der Waals surface area contributed by atoms with E-state index in [0.29, 0.717) is 5.92 Å². The lowest BCUT2D eigenvalue weighted by Gasteiger charge is -2.33. The van der Waals surface area contributed by atoms with Crippen LogP contribution in [0.2, 0.25) is 0 Å². The van der Waals surface area contributed by atoms with Crippen molar-refractivity contribution in [3.8, 4) is 16.8 Å². The van der Waals surface area contributed by atoms with Gasteiger partial charge in [-0.3, -0.25) is 0 Å². The first-order chi connectivity index (χ1) is 27.5. The van der Waals surface area contributed by atoms with Crippen LogP contribution in [0.5, 0.6) is 0 Å². The molecule has 56 heavy (non-hydrogen) atoms. The molecular formula is C54H50N2. The molecule has 0 radical (unpaired) electrons. The highest BCUT2D eigenvalue weighted by atomic mass is 15.2. The number of hydrogen-bond acceptors (Lipinski definition) is 1. The van der Waals surface area contributed by atoms with Crippen LogP contribution in [0.3, 0.4) is 0 Å². The Kier molecular flexibility index (Phi) is 9.43. The first-order valence-corrected chi connectivity index (χ1v) is 20.4. The van der Waals surface area contributed by atoms with Crippen molar-refractivity contribution in [2.75, 3.05) is 4.90 Å². The molecule has 0 aliphatic heterocycles. The summed E-state index contributed by atoms with van der Waals surface area (Å²) in [5.41, 5.74) is 17.0. The minimum atomic E-state index is -0.0565. The second kappa shape index (κ2) is 14.8. The molecule has 0 saturated carbocycles. The van der Waals surface area contributed by atoms with Crippen LogP contribution in [-0.4, -0.2) is 4.57 Å². The molecule has 6 aromatic carbocycles. The third kappa shape index (κ3) is 6.24. The number of benzene rings is 6. The average molecular weight is 727 g/mol. The molecular weight excluding hydrogens is 677 g/mol. The molecule has 0 spiro atoms. The Morgan fingerprint density at radius 1 is 0.643 bits per heavy atom. The highest BCUT2D eigenvalue weighted by molar-refractivity contribution is 6.10. The third-order valence-corrected chi connectivity index (χ3v) is 11.9. The molecule has 2 heteroatoms. The number of nitrogens with zero attached hydrogens (tertiary/aromatic N) is 2. The number of aromatic nitrogens is 1. The smallest absolute Gasteiger partial charge is 0.0541 e. The molecule has 1 atom stereocenters. The maximum absolute atomic E-state index is 2.53. The summed E-state index contributed by atoms with van der Waals surface area (Å²) in [5.74, 6) is 0.393. The summed E-state index contributed by atoms with van der Waals surface area (Å²) in [4.78, 5) is 2.53. The van der Waals surface area contributed by atoms with Gasteiger partial charge in [-0.1, -0.05) is 155 Å². The molecule has 3 aliphatic carbocycles. The molecule has 0 bridgehead atoms. The molecule has 0 saturated heterocycles. The Hall–Kier alpha value is -6.12. The van der Waals surface area contributed by atoms with E-state index in [0.717, 1.165) is 19.3 Å². The van der Waals surface area contributed by atoms with Crippen LogP contribution >= 0.6 is 0 Å². The zero-order valence-electron chi connectivity index (χ0n) is 33.0. The van der Waals surface area contributed by atoms with Crippen molar-refractivity contribution in [2.45, 2.75) is 64.7 Å². The van der Waals surface area contributed by atoms with Crippen LogP contribution in [0.15, 0.2) is 187 Å². The van der Waals surface area contributed by atoms with Gasteiger partial charge in [0.25, 0.3) is 0 Å². The largest absolute Gasteiger partial charge is 0.315 e. The van der Waals surface area contributed by atoms with E-state index in [1.165, 1.54) is 89.9 Å². The average Bonchev–Trinajstić information content (AvgIpc) is 3.70. The topological polar surface area (TPSA) is 8.17 Å². The molecule has 0 N–H and O–H groups in total. The Morgan fingerprint density at radius 3 is 2.09 bits per heavy atom. The fourth-order valence-corrected chi connectivity index (χ4v) is 9.12. The van der Waals surface area contributed by atoms with Crippen molar-refractivity contribution in [2.24, 2.45) is 0 Å². The maximum Gasteiger partial charge on any atom is 0.0541 e. The Morgan fingerprint density at radius 2 is 1.34 bits per heavy atom. The van der Waals surface area contributed by atoms with Gasteiger partial charge in [-0.15, -0.1) is 0 Å². The van der Waals surface area contributed by atoms with Crippen molar-refractivity contribution in [3.05, 3.63) is 210 Å². The Balaban J connectivity index is 0.00000133. The van der Waals surface area contributed by atoms with Crippen LogP contribution in [0.4, 0.5) is 5.69 Å². The second-order valence-electron chi connectivity index (χ2n) is 16.0. The molecule has 2 nitrogen and oxygen atoms in total. The fourth-order valence-electron chi connectivity index (χ4n) is 9.12. The van der Waals surface area contributed by atoms with E-state index < -0.39 is 0 Å². The van der Waals surface area contributed by atoms with Gasteiger partial charge < -0.3 is 9.47 Å². The van der Waals surface area contributed by atoms with Gasteiger partial charge in [0.15, 0.2) is 0 Å². The summed E-state index contributed by atoms with van der Waals surface area (Å²) < 4.78 is 2.39. The summed E-state index contributed by atoms with van der Waals surface area (Å²) in [6.07, 6.45) is 16.1. The first-order valence-electron chi connectivity index (χ1n) is 20.4. The lowest BCUT2D eigenvalue weighted by molar-refractivity contribution is 0.660. The van der Waals surface area contributed by atoms with Crippen molar-refractivity contribution < 1.29 is 0 Å². The number of para-hydroxylation sites is 2.